The van der Waals surface area contributed by atoms with Gasteiger partial charge < -0.3 is 15.9 Å². The highest BCUT2D eigenvalue weighted by molar-refractivity contribution is 6.27. The quantitative estimate of drug-likeness (QED) is 0.669. The molecule has 0 bridgehead atoms. The van der Waals surface area contributed by atoms with Crippen molar-refractivity contribution in [1.29, 1.82) is 0 Å². The van der Waals surface area contributed by atoms with Crippen LogP contribution in [0.5, 0.6) is 0 Å². The second-order valence-corrected chi connectivity index (χ2v) is 7.51. The van der Waals surface area contributed by atoms with Gasteiger partial charge in [-0.3, -0.25) is 0 Å². The summed E-state index contributed by atoms with van der Waals surface area (Å²) in [4.78, 5) is 18.2. The Hall–Kier alpha value is -2.40. The van der Waals surface area contributed by atoms with Crippen molar-refractivity contribution in [3.8, 4) is 0 Å². The van der Waals surface area contributed by atoms with Crippen molar-refractivity contribution in [1.82, 2.24) is 0 Å². The van der Waals surface area contributed by atoms with Gasteiger partial charge in [-0.1, -0.05) is 55.8 Å². The first-order valence-electron chi connectivity index (χ1n) is 9.31. The highest BCUT2D eigenvalue weighted by Crippen LogP contribution is 2.40. The molecule has 0 saturated heterocycles. The van der Waals surface area contributed by atoms with Gasteiger partial charge in [-0.15, -0.1) is 0 Å². The highest BCUT2D eigenvalue weighted by atomic mass is 16.4. The van der Waals surface area contributed by atoms with Crippen LogP contribution in [0.4, 0.5) is 0 Å². The SMILES string of the molecule is CC1=C(/C=C/c2cccc(CCCN)c2)C(C)(C)CCC1.O=C(O)C(=O)O. The van der Waals surface area contributed by atoms with Gasteiger partial charge in [0.15, 0.2) is 0 Å². The molecule has 0 unspecified atom stereocenters. The molecule has 0 spiro atoms. The van der Waals surface area contributed by atoms with Gasteiger partial charge in [0.1, 0.15) is 0 Å². The van der Waals surface area contributed by atoms with Crippen LogP contribution in [0.1, 0.15) is 57.6 Å². The number of allylic oxidation sites excluding steroid dienone is 3. The van der Waals surface area contributed by atoms with E-state index >= 15 is 0 Å². The van der Waals surface area contributed by atoms with E-state index in [1.165, 1.54) is 36.0 Å². The van der Waals surface area contributed by atoms with Crippen molar-refractivity contribution >= 4 is 18.0 Å². The normalized spacial score (nSPS) is 16.0. The molecule has 0 saturated carbocycles. The van der Waals surface area contributed by atoms with E-state index in [0.717, 1.165) is 19.4 Å². The summed E-state index contributed by atoms with van der Waals surface area (Å²) in [5.74, 6) is -3.65. The zero-order valence-electron chi connectivity index (χ0n) is 16.5. The maximum atomic E-state index is 9.10. The molecule has 2 rings (SSSR count). The van der Waals surface area contributed by atoms with Crippen LogP contribution in [0.25, 0.3) is 6.08 Å². The number of hydrogen-bond acceptors (Lipinski definition) is 3. The second-order valence-electron chi connectivity index (χ2n) is 7.51. The van der Waals surface area contributed by atoms with E-state index in [4.69, 9.17) is 25.5 Å². The molecule has 148 valence electrons. The summed E-state index contributed by atoms with van der Waals surface area (Å²) in [6.07, 6.45) is 10.6. The summed E-state index contributed by atoms with van der Waals surface area (Å²) < 4.78 is 0. The number of aliphatic carboxylic acids is 2. The molecule has 0 aliphatic heterocycles. The third kappa shape index (κ3) is 7.79. The Morgan fingerprint density at radius 1 is 1.19 bits per heavy atom. The summed E-state index contributed by atoms with van der Waals surface area (Å²) >= 11 is 0. The van der Waals surface area contributed by atoms with Crippen LogP contribution in [0.2, 0.25) is 0 Å². The van der Waals surface area contributed by atoms with Crippen LogP contribution < -0.4 is 5.73 Å². The molecule has 0 amide bonds. The van der Waals surface area contributed by atoms with Crippen molar-refractivity contribution in [3.05, 3.63) is 52.6 Å². The molecular formula is C22H31NO4. The van der Waals surface area contributed by atoms with Crippen LogP contribution in [0.15, 0.2) is 41.5 Å². The van der Waals surface area contributed by atoms with Crippen molar-refractivity contribution in [3.63, 3.8) is 0 Å². The average Bonchev–Trinajstić information content (AvgIpc) is 2.60. The largest absolute Gasteiger partial charge is 0.473 e. The summed E-state index contributed by atoms with van der Waals surface area (Å²) in [5.41, 5.74) is 11.7. The fourth-order valence-corrected chi connectivity index (χ4v) is 3.35. The van der Waals surface area contributed by atoms with Crippen molar-refractivity contribution in [2.45, 2.75) is 52.9 Å². The maximum absolute atomic E-state index is 9.10. The molecule has 27 heavy (non-hydrogen) atoms. The number of carbonyl (C=O) groups is 2. The number of carboxylic acid groups (broad SMARTS) is 2. The Morgan fingerprint density at radius 2 is 1.85 bits per heavy atom. The fourth-order valence-electron chi connectivity index (χ4n) is 3.35. The molecular weight excluding hydrogens is 342 g/mol. The first-order valence-corrected chi connectivity index (χ1v) is 9.31. The van der Waals surface area contributed by atoms with Gasteiger partial charge in [-0.05, 0) is 67.7 Å². The third-order valence-corrected chi connectivity index (χ3v) is 4.79. The number of rotatable bonds is 5. The number of benzene rings is 1. The number of carboxylic acids is 2. The molecule has 0 radical (unpaired) electrons. The minimum Gasteiger partial charge on any atom is -0.473 e. The first-order chi connectivity index (χ1) is 12.7. The van der Waals surface area contributed by atoms with E-state index in [1.54, 1.807) is 5.57 Å². The van der Waals surface area contributed by atoms with Crippen LogP contribution in [0.3, 0.4) is 0 Å². The summed E-state index contributed by atoms with van der Waals surface area (Å²) in [7, 11) is 0. The Bertz CT molecular complexity index is 705. The predicted octanol–water partition coefficient (Wildman–Crippen LogP) is 4.27. The number of nitrogens with two attached hydrogens (primary N) is 1. The Balaban J connectivity index is 0.000000527. The predicted molar refractivity (Wildman–Crippen MR) is 108 cm³/mol. The van der Waals surface area contributed by atoms with E-state index < -0.39 is 11.9 Å². The molecule has 0 fully saturated rings. The first kappa shape index (κ1) is 22.6. The zero-order chi connectivity index (χ0) is 20.4. The second kappa shape index (κ2) is 10.7. The zero-order valence-corrected chi connectivity index (χ0v) is 16.5. The molecule has 1 aliphatic carbocycles. The summed E-state index contributed by atoms with van der Waals surface area (Å²) in [6, 6.07) is 8.83. The van der Waals surface area contributed by atoms with Gasteiger partial charge in [0, 0.05) is 0 Å². The van der Waals surface area contributed by atoms with Crippen molar-refractivity contribution in [2.24, 2.45) is 11.1 Å². The lowest BCUT2D eigenvalue weighted by Gasteiger charge is -2.32. The lowest BCUT2D eigenvalue weighted by molar-refractivity contribution is -0.159. The molecule has 0 aromatic heterocycles. The molecule has 0 atom stereocenters. The van der Waals surface area contributed by atoms with E-state index in [-0.39, 0.29) is 0 Å². The lowest BCUT2D eigenvalue weighted by Crippen LogP contribution is -2.18. The van der Waals surface area contributed by atoms with Gasteiger partial charge in [0.25, 0.3) is 0 Å². The smallest absolute Gasteiger partial charge is 0.414 e. The van der Waals surface area contributed by atoms with Crippen LogP contribution in [0, 0.1) is 5.41 Å². The van der Waals surface area contributed by atoms with Gasteiger partial charge in [-0.2, -0.15) is 0 Å². The van der Waals surface area contributed by atoms with Gasteiger partial charge in [0.05, 0.1) is 0 Å². The van der Waals surface area contributed by atoms with Crippen LogP contribution in [-0.2, 0) is 16.0 Å². The topological polar surface area (TPSA) is 101 Å². The molecule has 1 aromatic rings. The van der Waals surface area contributed by atoms with Crippen LogP contribution in [-0.4, -0.2) is 28.7 Å². The standard InChI is InChI=1S/C20H29N.C2H2O4/c1-16-7-5-13-20(2,3)19(16)12-11-18-9-4-8-17(15-18)10-6-14-21;3-1(4)2(5)6/h4,8-9,11-12,15H,5-7,10,13-14,21H2,1-3H3;(H,3,4)(H,5,6)/b12-11+;. The lowest BCUT2D eigenvalue weighted by atomic mass is 9.72. The minimum atomic E-state index is -1.82. The van der Waals surface area contributed by atoms with Crippen LogP contribution >= 0.6 is 0 Å². The van der Waals surface area contributed by atoms with Crippen molar-refractivity contribution < 1.29 is 19.8 Å². The van der Waals surface area contributed by atoms with E-state index in [2.05, 4.69) is 57.2 Å². The van der Waals surface area contributed by atoms with Gasteiger partial charge in [-0.25, -0.2) is 9.59 Å². The number of aryl methyl sites for hydroxylation is 1. The Morgan fingerprint density at radius 3 is 2.41 bits per heavy atom. The van der Waals surface area contributed by atoms with E-state index in [0.29, 0.717) is 5.41 Å². The molecule has 1 aliphatic rings. The highest BCUT2D eigenvalue weighted by Gasteiger charge is 2.26. The summed E-state index contributed by atoms with van der Waals surface area (Å²) in [5, 5.41) is 14.8. The monoisotopic (exact) mass is 373 g/mol. The Kier molecular flexibility index (Phi) is 8.95. The maximum Gasteiger partial charge on any atom is 0.414 e. The van der Waals surface area contributed by atoms with Gasteiger partial charge >= 0.3 is 11.9 Å². The fraction of sp³-hybridized carbons (Fsp3) is 0.455. The molecule has 0 heterocycles. The summed E-state index contributed by atoms with van der Waals surface area (Å²) in [6.45, 7) is 7.79. The minimum absolute atomic E-state index is 0.315. The molecule has 5 heteroatoms. The molecule has 4 N–H and O–H groups in total. The van der Waals surface area contributed by atoms with E-state index in [1.807, 2.05) is 0 Å². The Labute approximate surface area is 161 Å². The average molecular weight is 373 g/mol. The third-order valence-electron chi connectivity index (χ3n) is 4.79. The molecule has 5 nitrogen and oxygen atoms in total. The van der Waals surface area contributed by atoms with Gasteiger partial charge in [0.2, 0.25) is 0 Å². The van der Waals surface area contributed by atoms with E-state index in [9.17, 15) is 0 Å². The molecule has 1 aromatic carbocycles. The number of hydrogen-bond donors (Lipinski definition) is 3. The van der Waals surface area contributed by atoms with Crippen molar-refractivity contribution in [2.75, 3.05) is 6.54 Å².